The maximum Gasteiger partial charge on any atom is 0.309 e. The Morgan fingerprint density at radius 1 is 1.37 bits per heavy atom. The zero-order valence-corrected chi connectivity index (χ0v) is 11.1. The first kappa shape index (κ1) is 13.3. The Morgan fingerprint density at radius 2 is 2.05 bits per heavy atom. The number of hydrogen-bond donors (Lipinski definition) is 1. The highest BCUT2D eigenvalue weighted by molar-refractivity contribution is 5.89. The Balaban J connectivity index is 2.10. The Bertz CT molecular complexity index is 563. The van der Waals surface area contributed by atoms with Crippen LogP contribution in [0.2, 0.25) is 0 Å². The van der Waals surface area contributed by atoms with E-state index in [1.807, 2.05) is 30.3 Å². The fourth-order valence-electron chi connectivity index (χ4n) is 1.80. The normalized spacial score (nSPS) is 10.5. The molecule has 0 aliphatic heterocycles. The Morgan fingerprint density at radius 3 is 2.63 bits per heavy atom. The van der Waals surface area contributed by atoms with Gasteiger partial charge >= 0.3 is 5.91 Å². The Hall–Kier alpha value is -2.14. The summed E-state index contributed by atoms with van der Waals surface area (Å²) in [4.78, 5) is 17.8. The van der Waals surface area contributed by atoms with Gasteiger partial charge in [-0.3, -0.25) is 4.79 Å². The van der Waals surface area contributed by atoms with Crippen LogP contribution in [0.15, 0.2) is 34.7 Å². The molecule has 0 aliphatic rings. The van der Waals surface area contributed by atoms with Crippen molar-refractivity contribution in [3.05, 3.63) is 53.2 Å². The molecule has 2 aromatic rings. The maximum atomic E-state index is 12.2. The molecular formula is C14H17N3O2. The molecule has 0 bridgehead atoms. The van der Waals surface area contributed by atoms with Gasteiger partial charge in [0.15, 0.2) is 0 Å². The molecule has 5 nitrogen and oxygen atoms in total. The second-order valence-electron chi connectivity index (χ2n) is 4.38. The first-order valence-electron chi connectivity index (χ1n) is 6.07. The molecule has 0 saturated heterocycles. The number of benzene rings is 1. The first-order chi connectivity index (χ1) is 9.11. The van der Waals surface area contributed by atoms with Crippen molar-refractivity contribution >= 4 is 5.91 Å². The number of nitrogens with two attached hydrogens (primary N) is 1. The van der Waals surface area contributed by atoms with Gasteiger partial charge in [-0.15, -0.1) is 0 Å². The molecular weight excluding hydrogens is 242 g/mol. The topological polar surface area (TPSA) is 72.4 Å². The average Bonchev–Trinajstić information content (AvgIpc) is 2.80. The van der Waals surface area contributed by atoms with Gasteiger partial charge in [0, 0.05) is 13.6 Å². The van der Waals surface area contributed by atoms with E-state index in [1.54, 1.807) is 18.9 Å². The van der Waals surface area contributed by atoms with Crippen molar-refractivity contribution in [1.29, 1.82) is 0 Å². The minimum absolute atomic E-state index is 0.0939. The number of oxazole rings is 1. The van der Waals surface area contributed by atoms with Crippen LogP contribution in [-0.2, 0) is 13.1 Å². The fourth-order valence-corrected chi connectivity index (χ4v) is 1.80. The fraction of sp³-hybridized carbons (Fsp3) is 0.286. The lowest BCUT2D eigenvalue weighted by Gasteiger charge is -2.14. The summed E-state index contributed by atoms with van der Waals surface area (Å²) in [5, 5.41) is 0. The summed E-state index contributed by atoms with van der Waals surface area (Å²) >= 11 is 0. The highest BCUT2D eigenvalue weighted by Crippen LogP contribution is 2.12. The van der Waals surface area contributed by atoms with Crippen LogP contribution in [0.5, 0.6) is 0 Å². The van der Waals surface area contributed by atoms with Gasteiger partial charge in [-0.05, 0) is 12.5 Å². The van der Waals surface area contributed by atoms with E-state index < -0.39 is 0 Å². The Labute approximate surface area is 112 Å². The minimum atomic E-state index is -0.244. The summed E-state index contributed by atoms with van der Waals surface area (Å²) in [6.07, 6.45) is 0. The molecule has 0 atom stereocenters. The van der Waals surface area contributed by atoms with Gasteiger partial charge in [0.2, 0.25) is 0 Å². The smallest absolute Gasteiger partial charge is 0.309 e. The summed E-state index contributed by atoms with van der Waals surface area (Å²) in [7, 11) is 1.72. The second kappa shape index (κ2) is 5.67. The molecule has 19 heavy (non-hydrogen) atoms. The average molecular weight is 259 g/mol. The quantitative estimate of drug-likeness (QED) is 0.907. The monoisotopic (exact) mass is 259 g/mol. The Kier molecular flexibility index (Phi) is 3.97. The molecule has 0 fully saturated rings. The van der Waals surface area contributed by atoms with Gasteiger partial charge < -0.3 is 15.1 Å². The number of carbonyl (C=O) groups is 1. The van der Waals surface area contributed by atoms with E-state index in [0.29, 0.717) is 18.0 Å². The molecule has 1 amide bonds. The lowest BCUT2D eigenvalue weighted by atomic mass is 10.2. The molecule has 0 saturated carbocycles. The highest BCUT2D eigenvalue weighted by atomic mass is 16.4. The standard InChI is InChI=1S/C14H17N3O2/c1-10-12(8-15)19-13(16-10)14(18)17(2)9-11-6-4-3-5-7-11/h3-7H,8-9,15H2,1-2H3. The third kappa shape index (κ3) is 3.00. The van der Waals surface area contributed by atoms with Crippen LogP contribution in [0.1, 0.15) is 27.7 Å². The number of carbonyl (C=O) groups excluding carboxylic acids is 1. The van der Waals surface area contributed by atoms with Gasteiger partial charge in [0.25, 0.3) is 5.89 Å². The maximum absolute atomic E-state index is 12.2. The largest absolute Gasteiger partial charge is 0.436 e. The van der Waals surface area contributed by atoms with Crippen LogP contribution in [-0.4, -0.2) is 22.8 Å². The van der Waals surface area contributed by atoms with E-state index >= 15 is 0 Å². The van der Waals surface area contributed by atoms with E-state index in [2.05, 4.69) is 4.98 Å². The minimum Gasteiger partial charge on any atom is -0.436 e. The first-order valence-corrected chi connectivity index (χ1v) is 6.07. The molecule has 2 N–H and O–H groups in total. The van der Waals surface area contributed by atoms with Gasteiger partial charge in [0.1, 0.15) is 5.76 Å². The predicted molar refractivity (Wildman–Crippen MR) is 71.4 cm³/mol. The molecule has 1 heterocycles. The van der Waals surface area contributed by atoms with Crippen molar-refractivity contribution in [3.8, 4) is 0 Å². The van der Waals surface area contributed by atoms with Gasteiger partial charge in [-0.2, -0.15) is 0 Å². The predicted octanol–water partition coefficient (Wildman–Crippen LogP) is 1.71. The van der Waals surface area contributed by atoms with Crippen molar-refractivity contribution in [2.45, 2.75) is 20.0 Å². The van der Waals surface area contributed by atoms with E-state index in [-0.39, 0.29) is 18.3 Å². The molecule has 0 spiro atoms. The number of amides is 1. The van der Waals surface area contributed by atoms with E-state index in [1.165, 1.54) is 0 Å². The summed E-state index contributed by atoms with van der Waals surface area (Å²) in [6.45, 7) is 2.53. The van der Waals surface area contributed by atoms with Crippen LogP contribution in [0, 0.1) is 6.92 Å². The van der Waals surface area contributed by atoms with Crippen LogP contribution < -0.4 is 5.73 Å². The molecule has 0 aliphatic carbocycles. The summed E-state index contributed by atoms with van der Waals surface area (Å²) in [6, 6.07) is 9.76. The third-order valence-electron chi connectivity index (χ3n) is 2.87. The van der Waals surface area contributed by atoms with Crippen LogP contribution >= 0.6 is 0 Å². The molecule has 1 aromatic heterocycles. The van der Waals surface area contributed by atoms with E-state index in [4.69, 9.17) is 10.2 Å². The van der Waals surface area contributed by atoms with E-state index in [9.17, 15) is 4.79 Å². The van der Waals surface area contributed by atoms with Crippen molar-refractivity contribution < 1.29 is 9.21 Å². The molecule has 0 unspecified atom stereocenters. The number of aromatic nitrogens is 1. The summed E-state index contributed by atoms with van der Waals surface area (Å²) < 4.78 is 5.36. The van der Waals surface area contributed by atoms with E-state index in [0.717, 1.165) is 5.56 Å². The summed E-state index contributed by atoms with van der Waals surface area (Å²) in [5.41, 5.74) is 7.23. The van der Waals surface area contributed by atoms with Gasteiger partial charge in [-0.1, -0.05) is 30.3 Å². The van der Waals surface area contributed by atoms with Crippen molar-refractivity contribution in [1.82, 2.24) is 9.88 Å². The van der Waals surface area contributed by atoms with Crippen LogP contribution in [0.25, 0.3) is 0 Å². The molecule has 1 aromatic carbocycles. The number of hydrogen-bond acceptors (Lipinski definition) is 4. The molecule has 2 rings (SSSR count). The zero-order valence-electron chi connectivity index (χ0n) is 11.1. The molecule has 100 valence electrons. The van der Waals surface area contributed by atoms with Gasteiger partial charge in [-0.25, -0.2) is 4.98 Å². The second-order valence-corrected chi connectivity index (χ2v) is 4.38. The third-order valence-corrected chi connectivity index (χ3v) is 2.87. The highest BCUT2D eigenvalue weighted by Gasteiger charge is 2.19. The van der Waals surface area contributed by atoms with Crippen LogP contribution in [0.3, 0.4) is 0 Å². The number of aryl methyl sites for hydroxylation is 1. The van der Waals surface area contributed by atoms with Crippen molar-refractivity contribution in [3.63, 3.8) is 0 Å². The number of nitrogens with zero attached hydrogens (tertiary/aromatic N) is 2. The lowest BCUT2D eigenvalue weighted by molar-refractivity contribution is 0.0743. The summed E-state index contributed by atoms with van der Waals surface area (Å²) in [5.74, 6) is 0.402. The van der Waals surface area contributed by atoms with Crippen molar-refractivity contribution in [2.24, 2.45) is 5.73 Å². The van der Waals surface area contributed by atoms with Gasteiger partial charge in [0.05, 0.1) is 12.2 Å². The SMILES string of the molecule is Cc1nc(C(=O)N(C)Cc2ccccc2)oc1CN. The zero-order chi connectivity index (χ0) is 13.8. The lowest BCUT2D eigenvalue weighted by Crippen LogP contribution is -2.26. The molecule has 5 heteroatoms. The van der Waals surface area contributed by atoms with Crippen LogP contribution in [0.4, 0.5) is 0 Å². The molecule has 0 radical (unpaired) electrons. The van der Waals surface area contributed by atoms with Crippen molar-refractivity contribution in [2.75, 3.05) is 7.05 Å². The number of rotatable bonds is 4.